The first-order chi connectivity index (χ1) is 16.6. The summed E-state index contributed by atoms with van der Waals surface area (Å²) >= 11 is 0. The zero-order chi connectivity index (χ0) is 24.6. The van der Waals surface area contributed by atoms with E-state index in [2.05, 4.69) is 49.7 Å². The summed E-state index contributed by atoms with van der Waals surface area (Å²) in [6, 6.07) is 12.4. The van der Waals surface area contributed by atoms with Crippen LogP contribution in [0.4, 0.5) is 0 Å². The number of benzene rings is 1. The van der Waals surface area contributed by atoms with Gasteiger partial charge < -0.3 is 9.80 Å². The Bertz CT molecular complexity index is 531. The van der Waals surface area contributed by atoms with Crippen molar-refractivity contribution in [2.45, 2.75) is 128 Å². The van der Waals surface area contributed by atoms with Gasteiger partial charge in [0.1, 0.15) is 6.54 Å². The average molecular weight is 490 g/mol. The summed E-state index contributed by atoms with van der Waals surface area (Å²) in [7, 11) is 6.08. The number of likely N-dealkylation sites (N-methyl/N-ethyl adjacent to an activating group) is 1. The SMILES string of the molecule is C[N+](C)(CCNCCCCCCCCCCCCCCCCCCCC[SiH3])Cc1ccccc1. The maximum Gasteiger partial charge on any atom is 0.104 e. The average Bonchev–Trinajstić information content (AvgIpc) is 2.82. The van der Waals surface area contributed by atoms with Gasteiger partial charge in [0.2, 0.25) is 0 Å². The predicted octanol–water partition coefficient (Wildman–Crippen LogP) is 7.66. The Morgan fingerprint density at radius 2 is 0.971 bits per heavy atom. The Hall–Kier alpha value is -0.643. The zero-order valence-corrected chi connectivity index (χ0v) is 25.6. The van der Waals surface area contributed by atoms with E-state index in [4.69, 9.17) is 0 Å². The molecule has 0 saturated heterocycles. The third kappa shape index (κ3) is 20.7. The molecule has 0 bridgehead atoms. The molecule has 0 radical (unpaired) electrons. The van der Waals surface area contributed by atoms with Gasteiger partial charge in [-0.05, 0) is 13.0 Å². The summed E-state index contributed by atoms with van der Waals surface area (Å²) in [6.45, 7) is 4.61. The van der Waals surface area contributed by atoms with Crippen LogP contribution >= 0.6 is 0 Å². The van der Waals surface area contributed by atoms with E-state index in [1.807, 2.05) is 0 Å². The second kappa shape index (κ2) is 22.8. The monoisotopic (exact) mass is 489 g/mol. The Morgan fingerprint density at radius 3 is 1.41 bits per heavy atom. The molecule has 1 aromatic rings. The Morgan fingerprint density at radius 1 is 0.559 bits per heavy atom. The van der Waals surface area contributed by atoms with Gasteiger partial charge in [-0.3, -0.25) is 0 Å². The van der Waals surface area contributed by atoms with E-state index in [0.29, 0.717) is 0 Å². The van der Waals surface area contributed by atoms with Crippen LogP contribution in [0, 0.1) is 0 Å². The molecule has 0 fully saturated rings. The number of hydrogen-bond acceptors (Lipinski definition) is 1. The highest BCUT2D eigenvalue weighted by Crippen LogP contribution is 2.14. The molecule has 34 heavy (non-hydrogen) atoms. The molecule has 1 rings (SSSR count). The highest BCUT2D eigenvalue weighted by Gasteiger charge is 2.14. The first-order valence-corrected chi connectivity index (χ1v) is 16.6. The number of quaternary nitrogens is 1. The fraction of sp³-hybridized carbons (Fsp3) is 0.806. The summed E-state index contributed by atoms with van der Waals surface area (Å²) in [5, 5.41) is 3.67. The zero-order valence-electron chi connectivity index (χ0n) is 23.6. The predicted molar refractivity (Wildman–Crippen MR) is 158 cm³/mol. The van der Waals surface area contributed by atoms with Crippen molar-refractivity contribution in [3.8, 4) is 0 Å². The lowest BCUT2D eigenvalue weighted by molar-refractivity contribution is -0.902. The fourth-order valence-electron chi connectivity index (χ4n) is 4.99. The molecule has 1 aromatic carbocycles. The van der Waals surface area contributed by atoms with Crippen molar-refractivity contribution in [3.05, 3.63) is 35.9 Å². The van der Waals surface area contributed by atoms with Crippen molar-refractivity contribution in [3.63, 3.8) is 0 Å². The largest absolute Gasteiger partial charge is 0.324 e. The minimum absolute atomic E-state index is 1.05. The van der Waals surface area contributed by atoms with Gasteiger partial charge in [-0.1, -0.05) is 146 Å². The van der Waals surface area contributed by atoms with Gasteiger partial charge in [-0.2, -0.15) is 0 Å². The quantitative estimate of drug-likeness (QED) is 0.0844. The van der Waals surface area contributed by atoms with Crippen LogP contribution in [0.3, 0.4) is 0 Å². The van der Waals surface area contributed by atoms with Gasteiger partial charge in [0.25, 0.3) is 0 Å². The topological polar surface area (TPSA) is 12.0 Å². The minimum Gasteiger partial charge on any atom is -0.324 e. The van der Waals surface area contributed by atoms with Crippen LogP contribution in [0.5, 0.6) is 0 Å². The van der Waals surface area contributed by atoms with E-state index < -0.39 is 0 Å². The van der Waals surface area contributed by atoms with E-state index in [0.717, 1.165) is 17.6 Å². The third-order valence-electron chi connectivity index (χ3n) is 7.30. The lowest BCUT2D eigenvalue weighted by Gasteiger charge is -2.30. The molecule has 3 heteroatoms. The van der Waals surface area contributed by atoms with E-state index in [1.54, 1.807) is 0 Å². The van der Waals surface area contributed by atoms with Crippen LogP contribution in [0.1, 0.15) is 121 Å². The van der Waals surface area contributed by atoms with Crippen LogP contribution in [0.25, 0.3) is 0 Å². The van der Waals surface area contributed by atoms with E-state index >= 15 is 0 Å². The fourth-order valence-corrected chi connectivity index (χ4v) is 5.49. The first-order valence-electron chi connectivity index (χ1n) is 15.2. The number of nitrogens with zero attached hydrogens (tertiary/aromatic N) is 1. The molecule has 2 nitrogen and oxygen atoms in total. The van der Waals surface area contributed by atoms with Crippen molar-refractivity contribution < 1.29 is 4.48 Å². The van der Waals surface area contributed by atoms with Crippen molar-refractivity contribution in [2.75, 3.05) is 33.7 Å². The normalized spacial score (nSPS) is 11.9. The number of unbranched alkanes of at least 4 members (excludes halogenated alkanes) is 17. The molecule has 0 aliphatic heterocycles. The summed E-state index contributed by atoms with van der Waals surface area (Å²) in [6.07, 6.45) is 26.4. The summed E-state index contributed by atoms with van der Waals surface area (Å²) in [4.78, 5) is 0. The first kappa shape index (κ1) is 31.4. The summed E-state index contributed by atoms with van der Waals surface area (Å²) in [5.41, 5.74) is 1.44. The van der Waals surface area contributed by atoms with Crippen molar-refractivity contribution in [1.82, 2.24) is 5.32 Å². The van der Waals surface area contributed by atoms with Crippen LogP contribution in [-0.2, 0) is 6.54 Å². The van der Waals surface area contributed by atoms with Crippen LogP contribution in [0.15, 0.2) is 30.3 Å². The molecule has 0 aromatic heterocycles. The number of nitrogens with one attached hydrogen (secondary N) is 1. The van der Waals surface area contributed by atoms with Crippen LogP contribution in [-0.4, -0.2) is 48.5 Å². The molecular weight excluding hydrogens is 428 g/mol. The van der Waals surface area contributed by atoms with Crippen molar-refractivity contribution in [1.29, 1.82) is 0 Å². The van der Waals surface area contributed by atoms with Gasteiger partial charge in [-0.15, -0.1) is 0 Å². The van der Waals surface area contributed by atoms with Gasteiger partial charge in [0.15, 0.2) is 0 Å². The highest BCUT2D eigenvalue weighted by molar-refractivity contribution is 6.08. The van der Waals surface area contributed by atoms with Crippen molar-refractivity contribution in [2.24, 2.45) is 0 Å². The molecule has 0 heterocycles. The van der Waals surface area contributed by atoms with E-state index in [-0.39, 0.29) is 0 Å². The van der Waals surface area contributed by atoms with Gasteiger partial charge >= 0.3 is 0 Å². The maximum absolute atomic E-state index is 3.67. The number of hydrogen-bond donors (Lipinski definition) is 1. The molecule has 198 valence electrons. The molecule has 0 unspecified atom stereocenters. The van der Waals surface area contributed by atoms with Crippen LogP contribution in [0.2, 0.25) is 6.04 Å². The Kier molecular flexibility index (Phi) is 21.0. The third-order valence-corrected chi connectivity index (χ3v) is 8.01. The van der Waals surface area contributed by atoms with E-state index in [1.165, 1.54) is 151 Å². The lowest BCUT2D eigenvalue weighted by Crippen LogP contribution is -2.43. The van der Waals surface area contributed by atoms with Gasteiger partial charge in [0, 0.05) is 22.4 Å². The lowest BCUT2D eigenvalue weighted by atomic mass is 10.0. The second-order valence-electron chi connectivity index (χ2n) is 11.4. The highest BCUT2D eigenvalue weighted by atomic mass is 28.1. The molecule has 0 saturated carbocycles. The second-order valence-corrected chi connectivity index (χ2v) is 12.4. The molecule has 0 amide bonds. The smallest absolute Gasteiger partial charge is 0.104 e. The van der Waals surface area contributed by atoms with E-state index in [9.17, 15) is 0 Å². The van der Waals surface area contributed by atoms with Gasteiger partial charge in [-0.25, -0.2) is 0 Å². The summed E-state index contributed by atoms with van der Waals surface area (Å²) in [5.74, 6) is 0. The Balaban J connectivity index is 1.74. The standard InChI is InChI=1S/C31H61N2Si/c1-33(2,30-31-24-20-19-21-25-31)28-27-32-26-22-17-15-13-11-9-7-5-3-4-6-8-10-12-14-16-18-23-29-34/h19-21,24-25,32H,3-18,22-23,26-30H2,1-2,34H3/q+1. The van der Waals surface area contributed by atoms with Crippen molar-refractivity contribution >= 4 is 10.2 Å². The molecule has 0 aliphatic carbocycles. The molecule has 0 atom stereocenters. The minimum atomic E-state index is 1.05. The molecule has 0 aliphatic rings. The van der Waals surface area contributed by atoms with Crippen LogP contribution < -0.4 is 5.32 Å². The Labute approximate surface area is 217 Å². The molecular formula is C31H61N2Si+. The summed E-state index contributed by atoms with van der Waals surface area (Å²) < 4.78 is 1.05. The molecule has 1 N–H and O–H groups in total. The van der Waals surface area contributed by atoms with Gasteiger partial charge in [0.05, 0.1) is 20.6 Å². The maximum atomic E-state index is 3.67. The molecule has 0 spiro atoms. The number of rotatable bonds is 25.